The lowest BCUT2D eigenvalue weighted by atomic mass is 9.97. The van der Waals surface area contributed by atoms with Crippen LogP contribution in [0.4, 0.5) is 0 Å². The van der Waals surface area contributed by atoms with E-state index >= 15 is 0 Å². The molecule has 1 fully saturated rings. The molecule has 7 nitrogen and oxygen atoms in total. The van der Waals surface area contributed by atoms with Gasteiger partial charge in [0, 0.05) is 19.7 Å². The second-order valence-corrected chi connectivity index (χ2v) is 5.47. The van der Waals surface area contributed by atoms with E-state index in [4.69, 9.17) is 4.74 Å². The molecule has 1 N–H and O–H groups in total. The number of nitrogens with zero attached hydrogens (tertiary/aromatic N) is 3. The van der Waals surface area contributed by atoms with E-state index in [9.17, 15) is 14.7 Å². The van der Waals surface area contributed by atoms with Gasteiger partial charge in [0.1, 0.15) is 12.0 Å². The van der Waals surface area contributed by atoms with E-state index in [1.165, 1.54) is 0 Å². The number of imidazole rings is 1. The summed E-state index contributed by atoms with van der Waals surface area (Å²) in [6.45, 7) is 3.77. The molecule has 0 saturated carbocycles. The first-order valence-corrected chi connectivity index (χ1v) is 7.29. The lowest BCUT2D eigenvalue weighted by Gasteiger charge is -2.32. The predicted molar refractivity (Wildman–Crippen MR) is 72.7 cm³/mol. The number of carboxylic acid groups (broad SMARTS) is 1. The van der Waals surface area contributed by atoms with Crippen molar-refractivity contribution in [1.29, 1.82) is 0 Å². The molecule has 21 heavy (non-hydrogen) atoms. The van der Waals surface area contributed by atoms with Crippen LogP contribution >= 0.6 is 0 Å². The van der Waals surface area contributed by atoms with Gasteiger partial charge < -0.3 is 19.3 Å². The molecule has 3 rings (SSSR count). The SMILES string of the molecule is CCn1cnc2c1C(C(=O)O)CN(C(=O)[C@@H]1CCCO1)C2. The molecule has 2 atom stereocenters. The van der Waals surface area contributed by atoms with E-state index in [2.05, 4.69) is 4.98 Å². The van der Waals surface area contributed by atoms with Crippen molar-refractivity contribution >= 4 is 11.9 Å². The van der Waals surface area contributed by atoms with Crippen molar-refractivity contribution in [2.75, 3.05) is 13.2 Å². The average Bonchev–Trinajstić information content (AvgIpc) is 3.14. The molecule has 1 amide bonds. The van der Waals surface area contributed by atoms with Crippen LogP contribution < -0.4 is 0 Å². The molecule has 0 spiro atoms. The molecule has 7 heteroatoms. The van der Waals surface area contributed by atoms with Gasteiger partial charge in [-0.3, -0.25) is 9.59 Å². The molecule has 0 radical (unpaired) electrons. The van der Waals surface area contributed by atoms with Crippen LogP contribution in [0.3, 0.4) is 0 Å². The number of aromatic nitrogens is 2. The van der Waals surface area contributed by atoms with Crippen molar-refractivity contribution in [3.8, 4) is 0 Å². The van der Waals surface area contributed by atoms with Crippen molar-refractivity contribution in [2.45, 2.75) is 44.9 Å². The number of fused-ring (bicyclic) bond motifs is 1. The molecule has 3 heterocycles. The van der Waals surface area contributed by atoms with Crippen molar-refractivity contribution in [3.05, 3.63) is 17.7 Å². The summed E-state index contributed by atoms with van der Waals surface area (Å²) in [4.78, 5) is 29.8. The Morgan fingerprint density at radius 3 is 2.95 bits per heavy atom. The third-order valence-corrected chi connectivity index (χ3v) is 4.19. The van der Waals surface area contributed by atoms with E-state index in [1.807, 2.05) is 11.5 Å². The van der Waals surface area contributed by atoms with Crippen molar-refractivity contribution in [3.63, 3.8) is 0 Å². The summed E-state index contributed by atoms with van der Waals surface area (Å²) in [6.07, 6.45) is 2.82. The van der Waals surface area contributed by atoms with Crippen LogP contribution in [0.5, 0.6) is 0 Å². The number of carbonyl (C=O) groups is 2. The number of aliphatic carboxylic acids is 1. The third kappa shape index (κ3) is 2.42. The van der Waals surface area contributed by atoms with Crippen molar-refractivity contribution in [1.82, 2.24) is 14.5 Å². The molecule has 2 aliphatic rings. The van der Waals surface area contributed by atoms with E-state index in [1.54, 1.807) is 11.2 Å². The topological polar surface area (TPSA) is 84.7 Å². The molecule has 1 saturated heterocycles. The highest BCUT2D eigenvalue weighted by molar-refractivity contribution is 5.83. The number of carbonyl (C=O) groups excluding carboxylic acids is 1. The number of hydrogen-bond donors (Lipinski definition) is 1. The van der Waals surface area contributed by atoms with Gasteiger partial charge in [0.2, 0.25) is 0 Å². The zero-order valence-electron chi connectivity index (χ0n) is 12.0. The minimum Gasteiger partial charge on any atom is -0.481 e. The Labute approximate surface area is 122 Å². The van der Waals surface area contributed by atoms with Crippen LogP contribution in [0.2, 0.25) is 0 Å². The van der Waals surface area contributed by atoms with E-state index in [-0.39, 0.29) is 12.5 Å². The summed E-state index contributed by atoms with van der Waals surface area (Å²) >= 11 is 0. The zero-order valence-corrected chi connectivity index (χ0v) is 12.0. The number of carboxylic acids is 1. The van der Waals surface area contributed by atoms with Crippen LogP contribution in [0.1, 0.15) is 37.1 Å². The second kappa shape index (κ2) is 5.48. The summed E-state index contributed by atoms with van der Waals surface area (Å²) in [6, 6.07) is 0. The molecule has 1 aromatic rings. The Kier molecular flexibility index (Phi) is 3.67. The lowest BCUT2D eigenvalue weighted by Crippen LogP contribution is -2.45. The van der Waals surface area contributed by atoms with E-state index < -0.39 is 18.0 Å². The summed E-state index contributed by atoms with van der Waals surface area (Å²) in [5.74, 6) is -1.76. The first-order chi connectivity index (χ1) is 10.1. The van der Waals surface area contributed by atoms with E-state index in [0.29, 0.717) is 31.8 Å². The molecule has 0 aromatic carbocycles. The third-order valence-electron chi connectivity index (χ3n) is 4.19. The lowest BCUT2D eigenvalue weighted by molar-refractivity contribution is -0.145. The largest absolute Gasteiger partial charge is 0.481 e. The fourth-order valence-electron chi connectivity index (χ4n) is 3.10. The van der Waals surface area contributed by atoms with Crippen LogP contribution in [0.15, 0.2) is 6.33 Å². The monoisotopic (exact) mass is 293 g/mol. The molecular weight excluding hydrogens is 274 g/mol. The van der Waals surface area contributed by atoms with E-state index in [0.717, 1.165) is 12.1 Å². The van der Waals surface area contributed by atoms with Gasteiger partial charge in [0.25, 0.3) is 5.91 Å². The summed E-state index contributed by atoms with van der Waals surface area (Å²) in [5, 5.41) is 9.48. The predicted octanol–water partition coefficient (Wildman–Crippen LogP) is 0.592. The second-order valence-electron chi connectivity index (χ2n) is 5.47. The summed E-state index contributed by atoms with van der Waals surface area (Å²) in [5.41, 5.74) is 1.41. The Morgan fingerprint density at radius 1 is 1.52 bits per heavy atom. The molecule has 2 aliphatic heterocycles. The highest BCUT2D eigenvalue weighted by Gasteiger charge is 2.38. The number of aryl methyl sites for hydroxylation is 1. The Balaban J connectivity index is 1.87. The molecule has 0 aliphatic carbocycles. The van der Waals surface area contributed by atoms with Gasteiger partial charge in [-0.1, -0.05) is 0 Å². The van der Waals surface area contributed by atoms with Gasteiger partial charge in [0.05, 0.1) is 24.3 Å². The highest BCUT2D eigenvalue weighted by Crippen LogP contribution is 2.29. The van der Waals surface area contributed by atoms with Gasteiger partial charge in [-0.05, 0) is 19.8 Å². The van der Waals surface area contributed by atoms with Crippen molar-refractivity contribution < 1.29 is 19.4 Å². The fraction of sp³-hybridized carbons (Fsp3) is 0.643. The smallest absolute Gasteiger partial charge is 0.314 e. The minimum absolute atomic E-state index is 0.115. The molecule has 1 unspecified atom stereocenters. The fourth-order valence-corrected chi connectivity index (χ4v) is 3.10. The number of hydrogen-bond acceptors (Lipinski definition) is 4. The molecule has 1 aromatic heterocycles. The Hall–Kier alpha value is -1.89. The van der Waals surface area contributed by atoms with Gasteiger partial charge in [-0.2, -0.15) is 0 Å². The van der Waals surface area contributed by atoms with Crippen molar-refractivity contribution in [2.24, 2.45) is 0 Å². The molecule has 114 valence electrons. The first-order valence-electron chi connectivity index (χ1n) is 7.29. The maximum Gasteiger partial charge on any atom is 0.314 e. The number of ether oxygens (including phenoxy) is 1. The number of amides is 1. The summed E-state index contributed by atoms with van der Waals surface area (Å²) in [7, 11) is 0. The molecular formula is C14H19N3O4. The summed E-state index contributed by atoms with van der Waals surface area (Å²) < 4.78 is 7.26. The van der Waals surface area contributed by atoms with Gasteiger partial charge in [-0.15, -0.1) is 0 Å². The highest BCUT2D eigenvalue weighted by atomic mass is 16.5. The molecule has 0 bridgehead atoms. The minimum atomic E-state index is -0.920. The van der Waals surface area contributed by atoms with Gasteiger partial charge in [-0.25, -0.2) is 4.98 Å². The van der Waals surface area contributed by atoms with Crippen LogP contribution in [-0.2, 0) is 27.4 Å². The average molecular weight is 293 g/mol. The zero-order chi connectivity index (χ0) is 15.0. The normalized spacial score (nSPS) is 24.9. The van der Waals surface area contributed by atoms with Crippen LogP contribution in [-0.4, -0.2) is 50.7 Å². The Morgan fingerprint density at radius 2 is 2.33 bits per heavy atom. The van der Waals surface area contributed by atoms with Gasteiger partial charge >= 0.3 is 5.97 Å². The Bertz CT molecular complexity index is 563. The maximum atomic E-state index is 12.4. The van der Waals surface area contributed by atoms with Gasteiger partial charge in [0.15, 0.2) is 0 Å². The maximum absolute atomic E-state index is 12.4. The first kappa shape index (κ1) is 14.1. The quantitative estimate of drug-likeness (QED) is 0.882. The van der Waals surface area contributed by atoms with Crippen LogP contribution in [0.25, 0.3) is 0 Å². The standard InChI is InChI=1S/C14H19N3O4/c1-2-16-8-15-10-7-17(6-9(12(10)16)14(19)20)13(18)11-4-3-5-21-11/h8-9,11H,2-7H2,1H3,(H,19,20)/t9?,11-/m0/s1. The number of rotatable bonds is 3. The van der Waals surface area contributed by atoms with Crippen LogP contribution in [0, 0.1) is 0 Å².